The third-order valence-corrected chi connectivity index (χ3v) is 6.84. The van der Waals surface area contributed by atoms with Gasteiger partial charge in [0.15, 0.2) is 0 Å². The van der Waals surface area contributed by atoms with Crippen molar-refractivity contribution in [3.05, 3.63) is 65.9 Å². The van der Waals surface area contributed by atoms with Gasteiger partial charge in [0, 0.05) is 49.5 Å². The van der Waals surface area contributed by atoms with Crippen LogP contribution in [-0.4, -0.2) is 49.2 Å². The van der Waals surface area contributed by atoms with Crippen molar-refractivity contribution in [2.75, 3.05) is 49.5 Å². The number of aryl methyl sites for hydroxylation is 2. The molecule has 0 atom stereocenters. The standard InChI is InChI=1S/C27H34N4/c1(2-11-24-15-14-23-10-7-16-28-27(23)29-24)5-17-30-18-20-31(21-19-30)26-13-6-9-22-8-3-4-12-25(22)26/h3-4,6,8-9,12-15H,1-2,5,7,10-11,16-21H2,(H,28,29). The molecule has 1 aromatic heterocycles. The van der Waals surface area contributed by atoms with Crippen LogP contribution in [0.2, 0.25) is 0 Å². The molecule has 2 aliphatic rings. The summed E-state index contributed by atoms with van der Waals surface area (Å²) < 4.78 is 0. The van der Waals surface area contributed by atoms with Crippen LogP contribution in [-0.2, 0) is 12.8 Å². The first-order valence-electron chi connectivity index (χ1n) is 12.0. The first kappa shape index (κ1) is 20.3. The molecule has 1 fully saturated rings. The molecule has 0 bridgehead atoms. The van der Waals surface area contributed by atoms with Gasteiger partial charge in [-0.3, -0.25) is 4.90 Å². The summed E-state index contributed by atoms with van der Waals surface area (Å²) in [6, 6.07) is 19.9. The van der Waals surface area contributed by atoms with Crippen LogP contribution in [0.3, 0.4) is 0 Å². The zero-order valence-corrected chi connectivity index (χ0v) is 18.5. The van der Waals surface area contributed by atoms with Crippen molar-refractivity contribution in [3.63, 3.8) is 0 Å². The SMILES string of the molecule is c1ccc2c(N3CCN(CCCCCc4ccc5c(n4)NCCC5)CC3)cccc2c1. The van der Waals surface area contributed by atoms with Crippen LogP contribution in [0.5, 0.6) is 0 Å². The van der Waals surface area contributed by atoms with Gasteiger partial charge in [0.2, 0.25) is 0 Å². The summed E-state index contributed by atoms with van der Waals surface area (Å²) in [5.74, 6) is 1.13. The van der Waals surface area contributed by atoms with E-state index in [1.165, 1.54) is 79.5 Å². The summed E-state index contributed by atoms with van der Waals surface area (Å²) in [5.41, 5.74) is 4.03. The van der Waals surface area contributed by atoms with Gasteiger partial charge in [-0.15, -0.1) is 0 Å². The van der Waals surface area contributed by atoms with Crippen molar-refractivity contribution in [3.8, 4) is 0 Å². The molecule has 31 heavy (non-hydrogen) atoms. The number of hydrogen-bond acceptors (Lipinski definition) is 4. The van der Waals surface area contributed by atoms with Gasteiger partial charge in [-0.25, -0.2) is 4.98 Å². The predicted molar refractivity (Wildman–Crippen MR) is 131 cm³/mol. The topological polar surface area (TPSA) is 31.4 Å². The number of anilines is 2. The highest BCUT2D eigenvalue weighted by Gasteiger charge is 2.18. The third kappa shape index (κ3) is 4.85. The van der Waals surface area contributed by atoms with Crippen molar-refractivity contribution in [1.82, 2.24) is 9.88 Å². The van der Waals surface area contributed by atoms with Crippen LogP contribution in [0.4, 0.5) is 11.5 Å². The molecule has 0 unspecified atom stereocenters. The Hall–Kier alpha value is -2.59. The Balaban J connectivity index is 1.04. The first-order chi connectivity index (χ1) is 15.4. The zero-order valence-electron chi connectivity index (χ0n) is 18.5. The molecule has 0 saturated carbocycles. The zero-order chi connectivity index (χ0) is 20.9. The molecule has 1 N–H and O–H groups in total. The minimum atomic E-state index is 1.07. The van der Waals surface area contributed by atoms with Crippen LogP contribution in [0, 0.1) is 0 Å². The fourth-order valence-corrected chi connectivity index (χ4v) is 5.02. The van der Waals surface area contributed by atoms with Crippen LogP contribution >= 0.6 is 0 Å². The molecule has 3 aromatic rings. The molecule has 2 aromatic carbocycles. The molecule has 4 nitrogen and oxygen atoms in total. The Kier molecular flexibility index (Phi) is 6.35. The maximum absolute atomic E-state index is 4.83. The van der Waals surface area contributed by atoms with Gasteiger partial charge >= 0.3 is 0 Å². The second kappa shape index (κ2) is 9.69. The Morgan fingerprint density at radius 2 is 1.71 bits per heavy atom. The highest BCUT2D eigenvalue weighted by molar-refractivity contribution is 5.94. The summed E-state index contributed by atoms with van der Waals surface area (Å²) >= 11 is 0. The smallest absolute Gasteiger partial charge is 0.129 e. The Morgan fingerprint density at radius 3 is 2.65 bits per heavy atom. The molecule has 0 amide bonds. The monoisotopic (exact) mass is 414 g/mol. The lowest BCUT2D eigenvalue weighted by Crippen LogP contribution is -2.46. The van der Waals surface area contributed by atoms with Crippen molar-refractivity contribution < 1.29 is 0 Å². The van der Waals surface area contributed by atoms with E-state index in [0.29, 0.717) is 0 Å². The minimum absolute atomic E-state index is 1.07. The van der Waals surface area contributed by atoms with Gasteiger partial charge in [-0.2, -0.15) is 0 Å². The fourth-order valence-electron chi connectivity index (χ4n) is 5.02. The molecule has 0 aliphatic carbocycles. The number of aromatic nitrogens is 1. The molecule has 0 radical (unpaired) electrons. The average Bonchev–Trinajstić information content (AvgIpc) is 2.84. The normalized spacial score (nSPS) is 16.8. The van der Waals surface area contributed by atoms with Crippen molar-refractivity contribution >= 4 is 22.3 Å². The van der Waals surface area contributed by atoms with E-state index in [0.717, 1.165) is 31.9 Å². The van der Waals surface area contributed by atoms with Crippen molar-refractivity contribution in [2.24, 2.45) is 0 Å². The lowest BCUT2D eigenvalue weighted by atomic mass is 10.1. The van der Waals surface area contributed by atoms with Gasteiger partial charge in [0.05, 0.1) is 0 Å². The minimum Gasteiger partial charge on any atom is -0.370 e. The number of nitrogens with zero attached hydrogens (tertiary/aromatic N) is 3. The quantitative estimate of drug-likeness (QED) is 0.543. The first-order valence-corrected chi connectivity index (χ1v) is 12.0. The third-order valence-electron chi connectivity index (χ3n) is 6.84. The van der Waals surface area contributed by atoms with Crippen LogP contribution in [0.15, 0.2) is 54.6 Å². The summed E-state index contributed by atoms with van der Waals surface area (Å²) in [5, 5.41) is 6.17. The van der Waals surface area contributed by atoms with Gasteiger partial charge < -0.3 is 10.2 Å². The number of rotatable bonds is 7. The number of pyridine rings is 1. The number of fused-ring (bicyclic) bond motifs is 2. The fraction of sp³-hybridized carbons (Fsp3) is 0.444. The van der Waals surface area contributed by atoms with E-state index in [9.17, 15) is 0 Å². The summed E-state index contributed by atoms with van der Waals surface area (Å²) in [7, 11) is 0. The van der Waals surface area contributed by atoms with Gasteiger partial charge in [-0.05, 0) is 61.7 Å². The second-order valence-corrected chi connectivity index (χ2v) is 8.98. The molecular formula is C27H34N4. The number of hydrogen-bond donors (Lipinski definition) is 1. The van der Waals surface area contributed by atoms with Gasteiger partial charge in [0.25, 0.3) is 0 Å². The van der Waals surface area contributed by atoms with E-state index in [4.69, 9.17) is 4.98 Å². The van der Waals surface area contributed by atoms with E-state index in [1.54, 1.807) is 0 Å². The molecular weight excluding hydrogens is 380 g/mol. The lowest BCUT2D eigenvalue weighted by molar-refractivity contribution is 0.252. The highest BCUT2D eigenvalue weighted by atomic mass is 15.3. The number of unbranched alkanes of at least 4 members (excludes halogenated alkanes) is 2. The van der Waals surface area contributed by atoms with E-state index in [2.05, 4.69) is 69.7 Å². The second-order valence-electron chi connectivity index (χ2n) is 8.98. The number of nitrogens with one attached hydrogen (secondary N) is 1. The highest BCUT2D eigenvalue weighted by Crippen LogP contribution is 2.27. The molecule has 162 valence electrons. The van der Waals surface area contributed by atoms with Gasteiger partial charge in [-0.1, -0.05) is 48.9 Å². The van der Waals surface area contributed by atoms with E-state index < -0.39 is 0 Å². The molecule has 5 rings (SSSR count). The van der Waals surface area contributed by atoms with Crippen molar-refractivity contribution in [2.45, 2.75) is 38.5 Å². The summed E-state index contributed by atoms with van der Waals surface area (Å²) in [6.07, 6.45) is 7.31. The summed E-state index contributed by atoms with van der Waals surface area (Å²) in [4.78, 5) is 10.0. The maximum atomic E-state index is 4.83. The molecule has 2 aliphatic heterocycles. The van der Waals surface area contributed by atoms with Gasteiger partial charge in [0.1, 0.15) is 5.82 Å². The van der Waals surface area contributed by atoms with Crippen LogP contribution in [0.1, 0.15) is 36.9 Å². The van der Waals surface area contributed by atoms with Crippen LogP contribution < -0.4 is 10.2 Å². The largest absolute Gasteiger partial charge is 0.370 e. The lowest BCUT2D eigenvalue weighted by Gasteiger charge is -2.36. The van der Waals surface area contributed by atoms with E-state index in [1.807, 2.05) is 0 Å². The van der Waals surface area contributed by atoms with E-state index >= 15 is 0 Å². The number of benzene rings is 2. The summed E-state index contributed by atoms with van der Waals surface area (Å²) in [6.45, 7) is 6.88. The van der Waals surface area contributed by atoms with Crippen molar-refractivity contribution in [1.29, 1.82) is 0 Å². The Morgan fingerprint density at radius 1 is 0.839 bits per heavy atom. The average molecular weight is 415 g/mol. The Labute approximate surface area is 186 Å². The molecule has 0 spiro atoms. The predicted octanol–water partition coefficient (Wildman–Crippen LogP) is 5.13. The van der Waals surface area contributed by atoms with Crippen LogP contribution in [0.25, 0.3) is 10.8 Å². The molecule has 4 heteroatoms. The molecule has 3 heterocycles. The Bertz CT molecular complexity index is 1000. The van der Waals surface area contributed by atoms with E-state index in [-0.39, 0.29) is 0 Å². The molecule has 1 saturated heterocycles. The maximum Gasteiger partial charge on any atom is 0.129 e. The number of piperazine rings is 1.